The molecule has 0 unspecified atom stereocenters. The van der Waals surface area contributed by atoms with Crippen molar-refractivity contribution in [3.8, 4) is 11.5 Å². The quantitative estimate of drug-likeness (QED) is 0.711. The normalized spacial score (nSPS) is 11.1. The Morgan fingerprint density at radius 2 is 1.83 bits per heavy atom. The third-order valence-electron chi connectivity index (χ3n) is 2.94. The van der Waals surface area contributed by atoms with Gasteiger partial charge in [0.05, 0.1) is 14.2 Å². The first-order valence-corrected chi connectivity index (χ1v) is 6.66. The van der Waals surface area contributed by atoms with Gasteiger partial charge in [-0.2, -0.15) is 0 Å². The average molecular weight is 272 g/mol. The van der Waals surface area contributed by atoms with Gasteiger partial charge in [0.2, 0.25) is 0 Å². The van der Waals surface area contributed by atoms with Gasteiger partial charge in [-0.15, -0.1) is 11.6 Å². The third-order valence-corrected chi connectivity index (χ3v) is 3.10. The Hall–Kier alpha value is -0.930. The Kier molecular flexibility index (Phi) is 6.30. The number of methoxy groups -OCH3 is 2. The van der Waals surface area contributed by atoms with E-state index in [4.69, 9.17) is 21.1 Å². The predicted molar refractivity (Wildman–Crippen MR) is 75.8 cm³/mol. The van der Waals surface area contributed by atoms with Crippen molar-refractivity contribution in [1.29, 1.82) is 0 Å². The molecule has 3 nitrogen and oxygen atoms in total. The Labute approximate surface area is 115 Å². The fourth-order valence-corrected chi connectivity index (χ4v) is 2.06. The Morgan fingerprint density at radius 3 is 2.33 bits per heavy atom. The van der Waals surface area contributed by atoms with Gasteiger partial charge in [-0.25, -0.2) is 0 Å². The van der Waals surface area contributed by atoms with E-state index in [1.807, 2.05) is 12.1 Å². The first-order chi connectivity index (χ1) is 8.62. The van der Waals surface area contributed by atoms with Gasteiger partial charge in [-0.1, -0.05) is 6.07 Å². The Balaban J connectivity index is 2.83. The second-order valence-corrected chi connectivity index (χ2v) is 4.82. The largest absolute Gasteiger partial charge is 0.493 e. The van der Waals surface area contributed by atoms with E-state index in [1.165, 1.54) is 5.56 Å². The van der Waals surface area contributed by atoms with Crippen molar-refractivity contribution in [3.63, 3.8) is 0 Å². The van der Waals surface area contributed by atoms with Crippen molar-refractivity contribution in [1.82, 2.24) is 4.90 Å². The molecule has 0 saturated carbocycles. The summed E-state index contributed by atoms with van der Waals surface area (Å²) in [5, 5.41) is 0. The molecule has 0 amide bonds. The maximum absolute atomic E-state index is 5.83. The molecule has 0 heterocycles. The second kappa shape index (κ2) is 7.49. The van der Waals surface area contributed by atoms with Crippen LogP contribution in [0.15, 0.2) is 18.2 Å². The number of hydrogen-bond acceptors (Lipinski definition) is 3. The number of ether oxygens (including phenoxy) is 2. The molecule has 1 aromatic rings. The summed E-state index contributed by atoms with van der Waals surface area (Å²) < 4.78 is 10.5. The number of rotatable bonds is 7. The van der Waals surface area contributed by atoms with Crippen molar-refractivity contribution >= 4 is 11.6 Å². The van der Waals surface area contributed by atoms with Crippen LogP contribution >= 0.6 is 11.6 Å². The van der Waals surface area contributed by atoms with Crippen molar-refractivity contribution in [2.45, 2.75) is 26.4 Å². The molecule has 0 bridgehead atoms. The van der Waals surface area contributed by atoms with Crippen LogP contribution in [0.4, 0.5) is 0 Å². The molecular weight excluding hydrogens is 250 g/mol. The summed E-state index contributed by atoms with van der Waals surface area (Å²) in [5.41, 5.74) is 1.20. The van der Waals surface area contributed by atoms with Gasteiger partial charge in [0.15, 0.2) is 11.5 Å². The van der Waals surface area contributed by atoms with E-state index in [-0.39, 0.29) is 0 Å². The molecule has 0 radical (unpaired) electrons. The van der Waals surface area contributed by atoms with Crippen LogP contribution in [-0.4, -0.2) is 37.6 Å². The lowest BCUT2D eigenvalue weighted by molar-refractivity contribution is 0.226. The van der Waals surface area contributed by atoms with Gasteiger partial charge >= 0.3 is 0 Å². The summed E-state index contributed by atoms with van der Waals surface area (Å²) in [6.45, 7) is 6.10. The van der Waals surface area contributed by atoms with Crippen molar-refractivity contribution in [2.75, 3.05) is 26.6 Å². The fraction of sp³-hybridized carbons (Fsp3) is 0.571. The fourth-order valence-electron chi connectivity index (χ4n) is 1.84. The van der Waals surface area contributed by atoms with Crippen LogP contribution in [0.2, 0.25) is 0 Å². The van der Waals surface area contributed by atoms with Gasteiger partial charge in [0, 0.05) is 25.0 Å². The number of hydrogen-bond donors (Lipinski definition) is 0. The molecule has 0 aliphatic rings. The van der Waals surface area contributed by atoms with Crippen LogP contribution in [0.5, 0.6) is 11.5 Å². The summed E-state index contributed by atoms with van der Waals surface area (Å²) in [4.78, 5) is 2.33. The first-order valence-electron chi connectivity index (χ1n) is 6.13. The first kappa shape index (κ1) is 15.1. The summed E-state index contributed by atoms with van der Waals surface area (Å²) >= 11 is 5.83. The number of halogens is 1. The minimum absolute atomic E-state index is 0.469. The van der Waals surface area contributed by atoms with Crippen molar-refractivity contribution in [3.05, 3.63) is 23.8 Å². The molecule has 0 fully saturated rings. The smallest absolute Gasteiger partial charge is 0.161 e. The van der Waals surface area contributed by atoms with E-state index in [1.54, 1.807) is 14.2 Å². The number of nitrogens with zero attached hydrogens (tertiary/aromatic N) is 1. The third kappa shape index (κ3) is 4.07. The van der Waals surface area contributed by atoms with E-state index >= 15 is 0 Å². The molecule has 1 aromatic carbocycles. The zero-order valence-corrected chi connectivity index (χ0v) is 12.3. The molecule has 0 atom stereocenters. The van der Waals surface area contributed by atoms with Gasteiger partial charge in [0.1, 0.15) is 0 Å². The van der Waals surface area contributed by atoms with Gasteiger partial charge in [-0.3, -0.25) is 4.90 Å². The Morgan fingerprint density at radius 1 is 1.17 bits per heavy atom. The molecule has 0 N–H and O–H groups in total. The molecular formula is C14H22ClNO2. The standard InChI is InChI=1S/C14H22ClNO2/c1-11(2)16(8-7-15)10-12-5-6-13(17-3)14(9-12)18-4/h5-6,9,11H,7-8,10H2,1-4H3. The molecule has 0 aromatic heterocycles. The summed E-state index contributed by atoms with van der Waals surface area (Å²) in [6.07, 6.45) is 0. The minimum atomic E-state index is 0.469. The van der Waals surface area contributed by atoms with Gasteiger partial charge < -0.3 is 9.47 Å². The summed E-state index contributed by atoms with van der Waals surface area (Å²) in [6, 6.07) is 6.48. The maximum Gasteiger partial charge on any atom is 0.161 e. The van der Waals surface area contributed by atoms with Crippen LogP contribution in [0, 0.1) is 0 Å². The molecule has 0 aliphatic carbocycles. The maximum atomic E-state index is 5.83. The van der Waals surface area contributed by atoms with Gasteiger partial charge in [-0.05, 0) is 31.5 Å². The average Bonchev–Trinajstić information content (AvgIpc) is 2.37. The highest BCUT2D eigenvalue weighted by molar-refractivity contribution is 6.18. The molecule has 4 heteroatoms. The van der Waals surface area contributed by atoms with Crippen LogP contribution < -0.4 is 9.47 Å². The zero-order chi connectivity index (χ0) is 13.5. The van der Waals surface area contributed by atoms with Gasteiger partial charge in [0.25, 0.3) is 0 Å². The molecule has 0 saturated heterocycles. The summed E-state index contributed by atoms with van der Waals surface area (Å²) in [5.74, 6) is 2.17. The second-order valence-electron chi connectivity index (χ2n) is 4.44. The van der Waals surface area contributed by atoms with E-state index in [0.29, 0.717) is 11.9 Å². The van der Waals surface area contributed by atoms with E-state index in [9.17, 15) is 0 Å². The monoisotopic (exact) mass is 271 g/mol. The van der Waals surface area contributed by atoms with Crippen LogP contribution in [0.25, 0.3) is 0 Å². The number of alkyl halides is 1. The van der Waals surface area contributed by atoms with Crippen molar-refractivity contribution < 1.29 is 9.47 Å². The van der Waals surface area contributed by atoms with Crippen LogP contribution in [0.1, 0.15) is 19.4 Å². The van der Waals surface area contributed by atoms with Crippen molar-refractivity contribution in [2.24, 2.45) is 0 Å². The topological polar surface area (TPSA) is 21.7 Å². The predicted octanol–water partition coefficient (Wildman–Crippen LogP) is 3.15. The lowest BCUT2D eigenvalue weighted by Crippen LogP contribution is -2.32. The summed E-state index contributed by atoms with van der Waals surface area (Å²) in [7, 11) is 3.30. The zero-order valence-electron chi connectivity index (χ0n) is 11.6. The number of benzene rings is 1. The van der Waals surface area contributed by atoms with E-state index in [2.05, 4.69) is 24.8 Å². The molecule has 102 valence electrons. The molecule has 18 heavy (non-hydrogen) atoms. The molecule has 0 spiro atoms. The van der Waals surface area contributed by atoms with E-state index < -0.39 is 0 Å². The lowest BCUT2D eigenvalue weighted by atomic mass is 10.1. The molecule has 0 aliphatic heterocycles. The highest BCUT2D eigenvalue weighted by atomic mass is 35.5. The SMILES string of the molecule is COc1ccc(CN(CCCl)C(C)C)cc1OC. The van der Waals surface area contributed by atoms with Crippen LogP contribution in [-0.2, 0) is 6.54 Å². The van der Waals surface area contributed by atoms with Crippen LogP contribution in [0.3, 0.4) is 0 Å². The van der Waals surface area contributed by atoms with E-state index in [0.717, 1.165) is 24.6 Å². The lowest BCUT2D eigenvalue weighted by Gasteiger charge is -2.25. The highest BCUT2D eigenvalue weighted by Gasteiger charge is 2.11. The Bertz CT molecular complexity index is 369. The molecule has 1 rings (SSSR count). The highest BCUT2D eigenvalue weighted by Crippen LogP contribution is 2.28. The minimum Gasteiger partial charge on any atom is -0.493 e.